The highest BCUT2D eigenvalue weighted by Gasteiger charge is 2.16. The third-order valence-corrected chi connectivity index (χ3v) is 5.46. The van der Waals surface area contributed by atoms with Crippen LogP contribution in [0, 0.1) is 0 Å². The van der Waals surface area contributed by atoms with Crippen LogP contribution in [0.5, 0.6) is 17.2 Å². The van der Waals surface area contributed by atoms with E-state index in [0.29, 0.717) is 29.4 Å². The lowest BCUT2D eigenvalue weighted by atomic mass is 9.89. The largest absolute Gasteiger partial charge is 0.493 e. The average Bonchev–Trinajstić information content (AvgIpc) is 2.79. The molecule has 160 valence electrons. The molecule has 0 radical (unpaired) electrons. The molecular weight excluding hydrogens is 382 g/mol. The molecule has 0 atom stereocenters. The molecule has 6 heteroatoms. The van der Waals surface area contributed by atoms with Crippen molar-refractivity contribution in [3.63, 3.8) is 0 Å². The van der Waals surface area contributed by atoms with Crippen molar-refractivity contribution in [2.75, 3.05) is 21.3 Å². The van der Waals surface area contributed by atoms with Gasteiger partial charge in [-0.05, 0) is 60.6 Å². The first-order valence-corrected chi connectivity index (χ1v) is 10.3. The lowest BCUT2D eigenvalue weighted by Crippen LogP contribution is -2.23. The molecule has 0 bridgehead atoms. The standard InChI is InChI=1S/C24H29NO5/c1-28-21-12-16(13-22(29-2)24(21)30-3)15-25-23(27)11-10-20(26)19-9-8-17-6-4-5-7-18(17)14-19/h8-9,12-14H,4-7,10-11,15H2,1-3H3,(H,25,27). The predicted octanol–water partition coefficient (Wildman–Crippen LogP) is 3.87. The number of ether oxygens (including phenoxy) is 3. The summed E-state index contributed by atoms with van der Waals surface area (Å²) in [6.07, 6.45) is 4.86. The Hall–Kier alpha value is -3.02. The van der Waals surface area contributed by atoms with Gasteiger partial charge in [0.05, 0.1) is 21.3 Å². The molecule has 0 saturated heterocycles. The zero-order chi connectivity index (χ0) is 21.5. The number of Topliss-reactive ketones (excluding diaryl/α,β-unsaturated/α-hetero) is 1. The van der Waals surface area contributed by atoms with Crippen LogP contribution in [0.2, 0.25) is 0 Å². The van der Waals surface area contributed by atoms with Gasteiger partial charge in [-0.15, -0.1) is 0 Å². The first kappa shape index (κ1) is 21.7. The first-order valence-electron chi connectivity index (χ1n) is 10.3. The molecule has 0 saturated carbocycles. The van der Waals surface area contributed by atoms with Crippen molar-refractivity contribution in [3.8, 4) is 17.2 Å². The minimum absolute atomic E-state index is 0.00584. The number of carbonyl (C=O) groups excluding carboxylic acids is 2. The normalized spacial score (nSPS) is 12.6. The topological polar surface area (TPSA) is 73.9 Å². The molecule has 30 heavy (non-hydrogen) atoms. The highest BCUT2D eigenvalue weighted by atomic mass is 16.5. The molecule has 2 aromatic carbocycles. The summed E-state index contributed by atoms with van der Waals surface area (Å²) >= 11 is 0. The molecular formula is C24H29NO5. The van der Waals surface area contributed by atoms with Crippen LogP contribution in [-0.2, 0) is 24.2 Å². The van der Waals surface area contributed by atoms with Crippen LogP contribution in [0.25, 0.3) is 0 Å². The smallest absolute Gasteiger partial charge is 0.220 e. The molecule has 1 N–H and O–H groups in total. The molecule has 0 fully saturated rings. The van der Waals surface area contributed by atoms with Gasteiger partial charge in [0.15, 0.2) is 17.3 Å². The fraction of sp³-hybridized carbons (Fsp3) is 0.417. The van der Waals surface area contributed by atoms with Gasteiger partial charge in [-0.2, -0.15) is 0 Å². The lowest BCUT2D eigenvalue weighted by Gasteiger charge is -2.16. The van der Waals surface area contributed by atoms with E-state index in [9.17, 15) is 9.59 Å². The fourth-order valence-corrected chi connectivity index (χ4v) is 3.80. The number of hydrogen-bond donors (Lipinski definition) is 1. The Labute approximate surface area is 177 Å². The Morgan fingerprint density at radius 1 is 0.867 bits per heavy atom. The van der Waals surface area contributed by atoms with Crippen LogP contribution in [0.4, 0.5) is 0 Å². The van der Waals surface area contributed by atoms with E-state index in [0.717, 1.165) is 18.4 Å². The van der Waals surface area contributed by atoms with E-state index < -0.39 is 0 Å². The van der Waals surface area contributed by atoms with Crippen molar-refractivity contribution in [3.05, 3.63) is 52.6 Å². The zero-order valence-corrected chi connectivity index (χ0v) is 17.9. The van der Waals surface area contributed by atoms with Gasteiger partial charge in [0, 0.05) is 24.9 Å². The maximum atomic E-state index is 12.5. The number of benzene rings is 2. The van der Waals surface area contributed by atoms with Gasteiger partial charge < -0.3 is 19.5 Å². The third-order valence-electron chi connectivity index (χ3n) is 5.46. The SMILES string of the molecule is COc1cc(CNC(=O)CCC(=O)c2ccc3c(c2)CCCC3)cc(OC)c1OC. The monoisotopic (exact) mass is 411 g/mol. The number of rotatable bonds is 9. The van der Waals surface area contributed by atoms with Gasteiger partial charge in [-0.1, -0.05) is 12.1 Å². The maximum absolute atomic E-state index is 12.5. The Morgan fingerprint density at radius 3 is 2.17 bits per heavy atom. The van der Waals surface area contributed by atoms with E-state index in [1.165, 1.54) is 24.0 Å². The third kappa shape index (κ3) is 5.12. The average molecular weight is 411 g/mol. The summed E-state index contributed by atoms with van der Waals surface area (Å²) < 4.78 is 16.0. The summed E-state index contributed by atoms with van der Waals surface area (Å²) in [7, 11) is 4.64. The van der Waals surface area contributed by atoms with Crippen LogP contribution in [0.1, 0.15) is 52.7 Å². The summed E-state index contributed by atoms with van der Waals surface area (Å²) in [6.45, 7) is 0.308. The van der Waals surface area contributed by atoms with Crippen molar-refractivity contribution in [2.24, 2.45) is 0 Å². The van der Waals surface area contributed by atoms with E-state index in [4.69, 9.17) is 14.2 Å². The molecule has 3 rings (SSSR count). The Morgan fingerprint density at radius 2 is 1.53 bits per heavy atom. The van der Waals surface area contributed by atoms with E-state index in [1.807, 2.05) is 12.1 Å². The van der Waals surface area contributed by atoms with Crippen molar-refractivity contribution >= 4 is 11.7 Å². The number of ketones is 1. The van der Waals surface area contributed by atoms with Gasteiger partial charge in [0.2, 0.25) is 11.7 Å². The second-order valence-electron chi connectivity index (χ2n) is 7.42. The van der Waals surface area contributed by atoms with Gasteiger partial charge >= 0.3 is 0 Å². The zero-order valence-electron chi connectivity index (χ0n) is 17.9. The molecule has 0 spiro atoms. The van der Waals surface area contributed by atoms with Crippen molar-refractivity contribution in [1.29, 1.82) is 0 Å². The van der Waals surface area contributed by atoms with Crippen LogP contribution < -0.4 is 19.5 Å². The van der Waals surface area contributed by atoms with Crippen LogP contribution in [0.3, 0.4) is 0 Å². The summed E-state index contributed by atoms with van der Waals surface area (Å²) in [6, 6.07) is 9.54. The molecule has 0 heterocycles. The van der Waals surface area contributed by atoms with Crippen molar-refractivity contribution in [1.82, 2.24) is 5.32 Å². The summed E-state index contributed by atoms with van der Waals surface area (Å²) in [5, 5.41) is 2.85. The summed E-state index contributed by atoms with van der Waals surface area (Å²) in [5.41, 5.74) is 4.15. The van der Waals surface area contributed by atoms with Crippen molar-refractivity contribution < 1.29 is 23.8 Å². The van der Waals surface area contributed by atoms with Crippen LogP contribution >= 0.6 is 0 Å². The molecule has 0 aliphatic heterocycles. The van der Waals surface area contributed by atoms with Crippen molar-refractivity contribution in [2.45, 2.75) is 45.1 Å². The van der Waals surface area contributed by atoms with Gasteiger partial charge in [0.25, 0.3) is 0 Å². The summed E-state index contributed by atoms with van der Waals surface area (Å²) in [4.78, 5) is 24.8. The molecule has 1 aliphatic carbocycles. The second-order valence-corrected chi connectivity index (χ2v) is 7.42. The number of amides is 1. The number of hydrogen-bond acceptors (Lipinski definition) is 5. The van der Waals surface area contributed by atoms with E-state index >= 15 is 0 Å². The molecule has 0 unspecified atom stereocenters. The maximum Gasteiger partial charge on any atom is 0.220 e. The first-order chi connectivity index (χ1) is 14.5. The van der Waals surface area contributed by atoms with Crippen LogP contribution in [0.15, 0.2) is 30.3 Å². The Bertz CT molecular complexity index is 897. The van der Waals surface area contributed by atoms with E-state index in [2.05, 4.69) is 11.4 Å². The van der Waals surface area contributed by atoms with E-state index in [-0.39, 0.29) is 24.5 Å². The Balaban J connectivity index is 1.54. The summed E-state index contributed by atoms with van der Waals surface area (Å²) in [5.74, 6) is 1.40. The Kier molecular flexibility index (Phi) is 7.33. The number of fused-ring (bicyclic) bond motifs is 1. The second kappa shape index (κ2) is 10.1. The fourth-order valence-electron chi connectivity index (χ4n) is 3.80. The highest BCUT2D eigenvalue weighted by Crippen LogP contribution is 2.38. The number of aryl methyl sites for hydroxylation is 2. The molecule has 1 aliphatic rings. The van der Waals surface area contributed by atoms with Crippen LogP contribution in [-0.4, -0.2) is 33.0 Å². The molecule has 0 aromatic heterocycles. The minimum Gasteiger partial charge on any atom is -0.493 e. The molecule has 6 nitrogen and oxygen atoms in total. The molecule has 2 aromatic rings. The van der Waals surface area contributed by atoms with Gasteiger partial charge in [-0.25, -0.2) is 0 Å². The van der Waals surface area contributed by atoms with Gasteiger partial charge in [0.1, 0.15) is 0 Å². The molecule has 1 amide bonds. The number of carbonyl (C=O) groups is 2. The van der Waals surface area contributed by atoms with E-state index in [1.54, 1.807) is 33.5 Å². The quantitative estimate of drug-likeness (QED) is 0.634. The minimum atomic E-state index is -0.171. The number of methoxy groups -OCH3 is 3. The predicted molar refractivity (Wildman–Crippen MR) is 115 cm³/mol. The van der Waals surface area contributed by atoms with Gasteiger partial charge in [-0.3, -0.25) is 9.59 Å². The highest BCUT2D eigenvalue weighted by molar-refractivity contribution is 5.98. The lowest BCUT2D eigenvalue weighted by molar-refractivity contribution is -0.121. The number of nitrogens with one attached hydrogen (secondary N) is 1.